The molecule has 1 unspecified atom stereocenters. The molecule has 0 spiro atoms. The van der Waals surface area contributed by atoms with E-state index in [1.54, 1.807) is 0 Å². The zero-order valence-corrected chi connectivity index (χ0v) is 24.7. The molecular formula is C28H24Cl2HfNOSi. The van der Waals surface area contributed by atoms with Gasteiger partial charge in [0.1, 0.15) is 0 Å². The average Bonchev–Trinajstić information content (AvgIpc) is 3.29. The molecule has 1 aliphatic carbocycles. The van der Waals surface area contributed by atoms with Gasteiger partial charge in [-0.05, 0) is 0 Å². The van der Waals surface area contributed by atoms with Gasteiger partial charge in [-0.15, -0.1) is 0 Å². The molecule has 1 aliphatic rings. The molecule has 0 aliphatic heterocycles. The van der Waals surface area contributed by atoms with Crippen molar-refractivity contribution in [1.82, 2.24) is 3.30 Å². The standard InChI is InChI=1S/C12H11Si.C9H7.C7H7NO.2ClH.Hf/c1-3-7-11(8-4-1)13-12-9-5-2-6-10-12;1-2-5-9-7-3-6-8(9)4-1;8-7(9)6-4-2-1-3-5-6;;;/h1-10,13H;1-7H;1-5H,(H2,8,9);2*1H;/q;;;;;+3/p-3. The summed E-state index contributed by atoms with van der Waals surface area (Å²) in [5, 5.41) is 2.85. The van der Waals surface area contributed by atoms with Gasteiger partial charge in [-0.25, -0.2) is 0 Å². The molecule has 2 nitrogen and oxygen atoms in total. The molecule has 0 aromatic heterocycles. The summed E-state index contributed by atoms with van der Waals surface area (Å²) >= 11 is -2.86. The minimum atomic E-state index is -2.86. The van der Waals surface area contributed by atoms with E-state index in [4.69, 9.17) is 0 Å². The van der Waals surface area contributed by atoms with Gasteiger partial charge in [0.25, 0.3) is 0 Å². The third-order valence-electron chi connectivity index (χ3n) is 6.01. The summed E-state index contributed by atoms with van der Waals surface area (Å²) < 4.78 is 4.05. The van der Waals surface area contributed by atoms with Crippen LogP contribution in [0.4, 0.5) is 0 Å². The number of hydrogen-bond acceptors (Lipinski definition) is 1. The van der Waals surface area contributed by atoms with Crippen LogP contribution in [-0.4, -0.2) is 11.9 Å². The minimum Gasteiger partial charge on any atom is -1.00 e. The molecule has 0 radical (unpaired) electrons. The van der Waals surface area contributed by atoms with Gasteiger partial charge in [0.15, 0.2) is 0 Å². The second-order valence-electron chi connectivity index (χ2n) is 8.00. The number of rotatable bonds is 6. The maximum Gasteiger partial charge on any atom is -1.00 e. The molecule has 5 rings (SSSR count). The van der Waals surface area contributed by atoms with E-state index >= 15 is 0 Å². The third kappa shape index (κ3) is 5.69. The topological polar surface area (TPSA) is 29.1 Å². The molecular weight excluding hydrogens is 644 g/mol. The Morgan fingerprint density at radius 1 is 0.676 bits per heavy atom. The number of nitrogens with one attached hydrogen (secondary N) is 1. The Balaban J connectivity index is 0.00000162. The quantitative estimate of drug-likeness (QED) is 0.244. The monoisotopic (exact) mass is 668 g/mol. The fourth-order valence-electron chi connectivity index (χ4n) is 4.49. The Labute approximate surface area is 222 Å². The number of hydrogen-bond donors (Lipinski definition) is 1. The molecule has 4 aromatic carbocycles. The van der Waals surface area contributed by atoms with E-state index in [-0.39, 0.29) is 30.7 Å². The molecule has 1 N–H and O–H groups in total. The van der Waals surface area contributed by atoms with Crippen LogP contribution in [0.25, 0.3) is 6.08 Å². The van der Waals surface area contributed by atoms with Crippen LogP contribution in [0.1, 0.15) is 25.2 Å². The number of allylic oxidation sites excluding steroid dienone is 1. The first-order chi connectivity index (χ1) is 15.8. The second-order valence-corrected chi connectivity index (χ2v) is 27.9. The Morgan fingerprint density at radius 2 is 1.18 bits per heavy atom. The maximum absolute atomic E-state index is 13.4. The largest absolute Gasteiger partial charge is 1.00 e. The Kier molecular flexibility index (Phi) is 9.66. The Morgan fingerprint density at radius 3 is 1.76 bits per heavy atom. The first-order valence-corrected chi connectivity index (χ1v) is 22.7. The first-order valence-electron chi connectivity index (χ1n) is 10.9. The summed E-state index contributed by atoms with van der Waals surface area (Å²) in [4.78, 5) is 13.4. The predicted octanol–water partition coefficient (Wildman–Crippen LogP) is -1.74. The molecule has 0 saturated carbocycles. The van der Waals surface area contributed by atoms with E-state index in [0.29, 0.717) is 3.67 Å². The third-order valence-corrected chi connectivity index (χ3v) is 32.8. The summed E-state index contributed by atoms with van der Waals surface area (Å²) in [6.07, 6.45) is 4.62. The molecule has 169 valence electrons. The van der Waals surface area contributed by atoms with E-state index < -0.39 is 26.9 Å². The molecule has 0 bridgehead atoms. The summed E-state index contributed by atoms with van der Waals surface area (Å²) in [6, 6.07) is 40.1. The van der Waals surface area contributed by atoms with E-state index in [1.807, 2.05) is 30.3 Å². The van der Waals surface area contributed by atoms with Gasteiger partial charge in [0.2, 0.25) is 0 Å². The SMILES string of the molecule is O=C([NH][Hf+2]([CH]1C=Cc2ccccc21)[SiH](c1ccccc1)c1ccccc1)c1ccccc1.[Cl-].[Cl-]. The average molecular weight is 668 g/mol. The van der Waals surface area contributed by atoms with Crippen LogP contribution in [-0.2, 0) is 20.9 Å². The van der Waals surface area contributed by atoms with Crippen molar-refractivity contribution in [2.45, 2.75) is 3.67 Å². The van der Waals surface area contributed by atoms with Crippen molar-refractivity contribution >= 4 is 28.3 Å². The van der Waals surface area contributed by atoms with E-state index in [9.17, 15) is 4.79 Å². The van der Waals surface area contributed by atoms with Crippen molar-refractivity contribution in [2.24, 2.45) is 0 Å². The van der Waals surface area contributed by atoms with Gasteiger partial charge in [-0.3, -0.25) is 0 Å². The predicted molar refractivity (Wildman–Crippen MR) is 131 cm³/mol. The molecule has 0 fully saturated rings. The zero-order chi connectivity index (χ0) is 21.8. The second kappa shape index (κ2) is 12.5. The van der Waals surface area contributed by atoms with Crippen molar-refractivity contribution in [3.05, 3.63) is 138 Å². The molecule has 4 aromatic rings. The van der Waals surface area contributed by atoms with Crippen LogP contribution in [0.5, 0.6) is 0 Å². The van der Waals surface area contributed by atoms with Gasteiger partial charge in [0.05, 0.1) is 0 Å². The number of halogens is 2. The van der Waals surface area contributed by atoms with Gasteiger partial charge >= 0.3 is 199 Å². The van der Waals surface area contributed by atoms with Crippen molar-refractivity contribution in [3.63, 3.8) is 0 Å². The van der Waals surface area contributed by atoms with E-state index in [2.05, 4.69) is 100 Å². The van der Waals surface area contributed by atoms with Gasteiger partial charge < -0.3 is 24.8 Å². The van der Waals surface area contributed by atoms with Gasteiger partial charge in [-0.1, -0.05) is 0 Å². The number of amides is 1. The smallest absolute Gasteiger partial charge is 1.00 e. The minimum absolute atomic E-state index is 0. The zero-order valence-electron chi connectivity index (χ0n) is 18.4. The molecule has 1 atom stereocenters. The number of fused-ring (bicyclic) bond motifs is 1. The fourth-order valence-corrected chi connectivity index (χ4v) is 33.3. The van der Waals surface area contributed by atoms with Crippen molar-refractivity contribution in [1.29, 1.82) is 0 Å². The van der Waals surface area contributed by atoms with Crippen LogP contribution >= 0.6 is 0 Å². The molecule has 0 saturated heterocycles. The number of carbonyl (C=O) groups is 1. The number of carbonyl (C=O) groups excluding carboxylic acids is 1. The van der Waals surface area contributed by atoms with Gasteiger partial charge in [-0.2, -0.15) is 0 Å². The normalized spacial score (nSPS) is 13.4. The molecule has 6 heteroatoms. The van der Waals surface area contributed by atoms with Crippen LogP contribution in [0.3, 0.4) is 0 Å². The van der Waals surface area contributed by atoms with Crippen molar-refractivity contribution in [2.75, 3.05) is 0 Å². The van der Waals surface area contributed by atoms with E-state index in [0.717, 1.165) is 5.56 Å². The van der Waals surface area contributed by atoms with Gasteiger partial charge in [0, 0.05) is 0 Å². The summed E-state index contributed by atoms with van der Waals surface area (Å²) in [5.74, 6) is -1.55. The summed E-state index contributed by atoms with van der Waals surface area (Å²) in [7, 11) is 0. The molecule has 0 heterocycles. The van der Waals surface area contributed by atoms with Crippen LogP contribution in [0.2, 0.25) is 0 Å². The molecule has 1 amide bonds. The van der Waals surface area contributed by atoms with Crippen LogP contribution < -0.4 is 38.5 Å². The fraction of sp³-hybridized carbons (Fsp3) is 0.0357. The van der Waals surface area contributed by atoms with Crippen LogP contribution in [0.15, 0.2) is 121 Å². The van der Waals surface area contributed by atoms with Crippen LogP contribution in [0, 0.1) is 0 Å². The van der Waals surface area contributed by atoms with Crippen molar-refractivity contribution in [3.8, 4) is 0 Å². The Bertz CT molecular complexity index is 1200. The number of benzene rings is 4. The summed E-state index contributed by atoms with van der Waals surface area (Å²) in [6.45, 7) is 0. The molecule has 34 heavy (non-hydrogen) atoms. The summed E-state index contributed by atoms with van der Waals surface area (Å²) in [5.41, 5.74) is 3.43. The Hall–Kier alpha value is -2.24. The van der Waals surface area contributed by atoms with Crippen molar-refractivity contribution < 1.29 is 50.5 Å². The maximum atomic E-state index is 13.4. The first kappa shape index (κ1) is 26.4. The van der Waals surface area contributed by atoms with E-state index in [1.165, 1.54) is 21.5 Å².